The molecule has 1 fully saturated rings. The van der Waals surface area contributed by atoms with Gasteiger partial charge in [0.2, 0.25) is 0 Å². The molecular formula is C15H22BrClN2O. The number of hydrogen-bond donors (Lipinski definition) is 1. The Morgan fingerprint density at radius 3 is 2.80 bits per heavy atom. The van der Waals surface area contributed by atoms with Crippen LogP contribution in [-0.4, -0.2) is 37.7 Å². The maximum atomic E-state index is 6.29. The predicted molar refractivity (Wildman–Crippen MR) is 87.2 cm³/mol. The first kappa shape index (κ1) is 16.2. The summed E-state index contributed by atoms with van der Waals surface area (Å²) in [5.74, 6) is 0. The van der Waals surface area contributed by atoms with Gasteiger partial charge in [-0.05, 0) is 37.0 Å². The Bertz CT molecular complexity index is 440. The van der Waals surface area contributed by atoms with Crippen molar-refractivity contribution in [1.29, 1.82) is 0 Å². The monoisotopic (exact) mass is 360 g/mol. The first-order valence-electron chi connectivity index (χ1n) is 7.05. The summed E-state index contributed by atoms with van der Waals surface area (Å²) in [5.41, 5.74) is 7.31. The van der Waals surface area contributed by atoms with E-state index in [1.54, 1.807) is 7.11 Å². The lowest BCUT2D eigenvalue weighted by Gasteiger charge is -2.23. The molecule has 20 heavy (non-hydrogen) atoms. The molecular weight excluding hydrogens is 340 g/mol. The number of nitrogens with two attached hydrogens (primary N) is 1. The molecule has 1 atom stereocenters. The van der Waals surface area contributed by atoms with Crippen LogP contribution in [0.5, 0.6) is 0 Å². The van der Waals surface area contributed by atoms with Gasteiger partial charge in [-0.15, -0.1) is 0 Å². The summed E-state index contributed by atoms with van der Waals surface area (Å²) in [4.78, 5) is 2.48. The zero-order valence-electron chi connectivity index (χ0n) is 11.8. The van der Waals surface area contributed by atoms with Crippen molar-refractivity contribution in [3.63, 3.8) is 0 Å². The summed E-state index contributed by atoms with van der Waals surface area (Å²) in [7, 11) is 1.75. The molecule has 0 aromatic heterocycles. The van der Waals surface area contributed by atoms with E-state index in [9.17, 15) is 0 Å². The molecule has 1 aliphatic carbocycles. The summed E-state index contributed by atoms with van der Waals surface area (Å²) in [6.45, 7) is 2.77. The molecule has 0 bridgehead atoms. The summed E-state index contributed by atoms with van der Waals surface area (Å²) in [5, 5.41) is 0.738. The molecule has 1 aromatic carbocycles. The van der Waals surface area contributed by atoms with Crippen LogP contribution in [0.2, 0.25) is 5.02 Å². The zero-order valence-corrected chi connectivity index (χ0v) is 14.2. The Hall–Kier alpha value is -0.130. The third kappa shape index (κ3) is 4.71. The number of hydrogen-bond acceptors (Lipinski definition) is 3. The molecule has 2 N–H and O–H groups in total. The van der Waals surface area contributed by atoms with E-state index in [1.165, 1.54) is 12.8 Å². The Kier molecular flexibility index (Phi) is 6.30. The first-order chi connectivity index (χ1) is 9.61. The fraction of sp³-hybridized carbons (Fsp3) is 0.600. The second kappa shape index (κ2) is 7.76. The van der Waals surface area contributed by atoms with Crippen LogP contribution in [0.25, 0.3) is 0 Å². The van der Waals surface area contributed by atoms with Crippen molar-refractivity contribution in [3.05, 3.63) is 33.3 Å². The minimum atomic E-state index is -0.0144. The molecule has 3 nitrogen and oxygen atoms in total. The van der Waals surface area contributed by atoms with Crippen molar-refractivity contribution >= 4 is 27.5 Å². The number of rotatable bonds is 8. The minimum Gasteiger partial charge on any atom is -0.383 e. The number of ether oxygens (including phenoxy) is 1. The molecule has 1 aliphatic rings. The van der Waals surface area contributed by atoms with Crippen LogP contribution >= 0.6 is 27.5 Å². The van der Waals surface area contributed by atoms with Crippen molar-refractivity contribution in [1.82, 2.24) is 4.90 Å². The normalized spacial score (nSPS) is 16.6. The number of halogens is 2. The predicted octanol–water partition coefficient (Wildman–Crippen LogP) is 3.60. The molecule has 1 unspecified atom stereocenters. The largest absolute Gasteiger partial charge is 0.383 e. The fourth-order valence-corrected chi connectivity index (χ4v) is 3.20. The second-order valence-electron chi connectivity index (χ2n) is 5.32. The van der Waals surface area contributed by atoms with E-state index in [2.05, 4.69) is 20.8 Å². The van der Waals surface area contributed by atoms with E-state index in [4.69, 9.17) is 22.1 Å². The highest BCUT2D eigenvalue weighted by molar-refractivity contribution is 9.10. The van der Waals surface area contributed by atoms with Crippen molar-refractivity contribution in [2.45, 2.75) is 31.3 Å². The highest BCUT2D eigenvalue weighted by atomic mass is 79.9. The van der Waals surface area contributed by atoms with Crippen LogP contribution in [0.15, 0.2) is 22.7 Å². The minimum absolute atomic E-state index is 0.0144. The second-order valence-corrected chi connectivity index (χ2v) is 6.64. The third-order valence-electron chi connectivity index (χ3n) is 3.74. The molecule has 0 saturated heterocycles. The van der Waals surface area contributed by atoms with Gasteiger partial charge in [-0.25, -0.2) is 0 Å². The zero-order chi connectivity index (χ0) is 14.5. The molecule has 1 aromatic rings. The number of methoxy groups -OCH3 is 1. The fourth-order valence-electron chi connectivity index (χ4n) is 2.39. The highest BCUT2D eigenvalue weighted by Gasteiger charge is 2.28. The topological polar surface area (TPSA) is 38.5 Å². The molecule has 5 heteroatoms. The van der Waals surface area contributed by atoms with E-state index < -0.39 is 0 Å². The Balaban J connectivity index is 1.88. The standard InChI is InChI=1S/C15H22BrClN2O/c1-20-9-8-19(12-3-4-12)7-6-15(18)13-5-2-11(16)10-14(13)17/h2,5,10,12,15H,3-4,6-9,18H2,1H3. The Morgan fingerprint density at radius 1 is 1.45 bits per heavy atom. The van der Waals surface area contributed by atoms with Gasteiger partial charge in [0, 0.05) is 41.8 Å². The molecule has 0 spiro atoms. The maximum Gasteiger partial charge on any atom is 0.0589 e. The molecule has 112 valence electrons. The Morgan fingerprint density at radius 2 is 2.20 bits per heavy atom. The Labute approximate surface area is 134 Å². The van der Waals surface area contributed by atoms with E-state index in [0.29, 0.717) is 0 Å². The van der Waals surface area contributed by atoms with Gasteiger partial charge in [0.05, 0.1) is 6.61 Å². The average Bonchev–Trinajstić information content (AvgIpc) is 3.23. The summed E-state index contributed by atoms with van der Waals surface area (Å²) >= 11 is 9.67. The van der Waals surface area contributed by atoms with E-state index in [-0.39, 0.29) is 6.04 Å². The summed E-state index contributed by atoms with van der Waals surface area (Å²) in [6, 6.07) is 6.62. The van der Waals surface area contributed by atoms with Gasteiger partial charge in [-0.3, -0.25) is 4.90 Å². The van der Waals surface area contributed by atoms with Crippen molar-refractivity contribution in [3.8, 4) is 0 Å². The van der Waals surface area contributed by atoms with Crippen LogP contribution in [-0.2, 0) is 4.74 Å². The quantitative estimate of drug-likeness (QED) is 0.769. The summed E-state index contributed by atoms with van der Waals surface area (Å²) in [6.07, 6.45) is 3.53. The van der Waals surface area contributed by atoms with Gasteiger partial charge in [-0.2, -0.15) is 0 Å². The molecule has 0 radical (unpaired) electrons. The van der Waals surface area contributed by atoms with E-state index in [0.717, 1.165) is 47.2 Å². The highest BCUT2D eigenvalue weighted by Crippen LogP contribution is 2.30. The molecule has 1 saturated carbocycles. The van der Waals surface area contributed by atoms with Gasteiger partial charge in [0.15, 0.2) is 0 Å². The van der Waals surface area contributed by atoms with Gasteiger partial charge in [-0.1, -0.05) is 33.6 Å². The molecule has 0 amide bonds. The van der Waals surface area contributed by atoms with E-state index >= 15 is 0 Å². The van der Waals surface area contributed by atoms with Crippen molar-refractivity contribution in [2.24, 2.45) is 5.73 Å². The van der Waals surface area contributed by atoms with Crippen LogP contribution < -0.4 is 5.73 Å². The van der Waals surface area contributed by atoms with Crippen molar-refractivity contribution < 1.29 is 4.74 Å². The van der Waals surface area contributed by atoms with Crippen molar-refractivity contribution in [2.75, 3.05) is 26.8 Å². The SMILES string of the molecule is COCCN(CCC(N)c1ccc(Br)cc1Cl)C1CC1. The number of benzene rings is 1. The third-order valence-corrected chi connectivity index (χ3v) is 4.56. The van der Waals surface area contributed by atoms with Gasteiger partial charge in [0.25, 0.3) is 0 Å². The maximum absolute atomic E-state index is 6.29. The summed E-state index contributed by atoms with van der Waals surface area (Å²) < 4.78 is 6.16. The lowest BCUT2D eigenvalue weighted by molar-refractivity contribution is 0.141. The first-order valence-corrected chi connectivity index (χ1v) is 8.22. The van der Waals surface area contributed by atoms with E-state index in [1.807, 2.05) is 18.2 Å². The molecule has 0 aliphatic heterocycles. The van der Waals surface area contributed by atoms with Gasteiger partial charge >= 0.3 is 0 Å². The van der Waals surface area contributed by atoms with Crippen LogP contribution in [0.3, 0.4) is 0 Å². The van der Waals surface area contributed by atoms with Crippen LogP contribution in [0.1, 0.15) is 30.9 Å². The lowest BCUT2D eigenvalue weighted by Crippen LogP contribution is -2.32. The van der Waals surface area contributed by atoms with Gasteiger partial charge in [0.1, 0.15) is 0 Å². The number of nitrogens with zero attached hydrogens (tertiary/aromatic N) is 1. The smallest absolute Gasteiger partial charge is 0.0589 e. The lowest BCUT2D eigenvalue weighted by atomic mass is 10.0. The molecule has 0 heterocycles. The van der Waals surface area contributed by atoms with Gasteiger partial charge < -0.3 is 10.5 Å². The van der Waals surface area contributed by atoms with Crippen LogP contribution in [0.4, 0.5) is 0 Å². The van der Waals surface area contributed by atoms with Crippen LogP contribution in [0, 0.1) is 0 Å². The molecule has 2 rings (SSSR count). The average molecular weight is 362 g/mol.